The number of rotatable bonds is 6. The van der Waals surface area contributed by atoms with Gasteiger partial charge < -0.3 is 0 Å². The van der Waals surface area contributed by atoms with E-state index in [1.54, 1.807) is 4.68 Å². The van der Waals surface area contributed by atoms with Gasteiger partial charge in [0, 0.05) is 5.56 Å². The number of carbonyl (C=O) groups excluding carboxylic acids is 1. The van der Waals surface area contributed by atoms with Crippen LogP contribution in [0.3, 0.4) is 0 Å². The molecule has 2 aromatic carbocycles. The van der Waals surface area contributed by atoms with Gasteiger partial charge in [-0.2, -0.15) is 4.68 Å². The molecule has 0 aliphatic heterocycles. The molecule has 3 aromatic rings. The molecule has 0 radical (unpaired) electrons. The summed E-state index contributed by atoms with van der Waals surface area (Å²) in [7, 11) is 0. The Morgan fingerprint density at radius 2 is 1.72 bits per heavy atom. The topological polar surface area (TPSA) is 60.7 Å². The number of hydrogen-bond acceptors (Lipinski definition) is 5. The highest BCUT2D eigenvalue weighted by Gasteiger charge is 2.17. The van der Waals surface area contributed by atoms with Crippen LogP contribution in [-0.4, -0.2) is 31.7 Å². The van der Waals surface area contributed by atoms with Gasteiger partial charge in [0.15, 0.2) is 5.78 Å². The van der Waals surface area contributed by atoms with Gasteiger partial charge in [-0.1, -0.05) is 73.5 Å². The van der Waals surface area contributed by atoms with Crippen LogP contribution in [0.15, 0.2) is 47.6 Å². The summed E-state index contributed by atoms with van der Waals surface area (Å²) in [5.74, 6) is 1.07. The van der Waals surface area contributed by atoms with Crippen LogP contribution in [0, 0.1) is 13.8 Å². The van der Waals surface area contributed by atoms with Gasteiger partial charge in [0.1, 0.15) is 0 Å². The number of ketones is 1. The van der Waals surface area contributed by atoms with Crippen molar-refractivity contribution < 1.29 is 4.79 Å². The first-order valence-electron chi connectivity index (χ1n) is 10.2. The normalized spacial score (nSPS) is 14.8. The predicted octanol–water partition coefficient (Wildman–Crippen LogP) is 5.30. The maximum absolute atomic E-state index is 12.7. The van der Waals surface area contributed by atoms with Gasteiger partial charge in [-0.3, -0.25) is 4.79 Å². The van der Waals surface area contributed by atoms with Gasteiger partial charge >= 0.3 is 0 Å². The number of Topliss-reactive ketones (excluding diaryl/α,β-unsaturated/α-hetero) is 1. The van der Waals surface area contributed by atoms with Gasteiger partial charge in [-0.15, -0.1) is 5.10 Å². The molecular weight excluding hydrogens is 380 g/mol. The van der Waals surface area contributed by atoms with Gasteiger partial charge in [-0.25, -0.2) is 0 Å². The van der Waals surface area contributed by atoms with Crippen LogP contribution in [0.2, 0.25) is 0 Å². The van der Waals surface area contributed by atoms with Crippen molar-refractivity contribution in [3.63, 3.8) is 0 Å². The standard InChI is InChI=1S/C23H26N4OS/c1-16-7-6-8-17(2)22(16)27-23(24-25-26-27)29-15-21(28)20-13-11-19(12-14-20)18-9-4-3-5-10-18/h6-8,11-14,18H,3-5,9-10,15H2,1-2H3. The molecule has 1 aliphatic rings. The summed E-state index contributed by atoms with van der Waals surface area (Å²) >= 11 is 1.38. The lowest BCUT2D eigenvalue weighted by molar-refractivity contribution is 0.102. The van der Waals surface area contributed by atoms with E-state index in [1.165, 1.54) is 49.4 Å². The monoisotopic (exact) mass is 406 g/mol. The molecule has 1 fully saturated rings. The Kier molecular flexibility index (Phi) is 6.09. The Morgan fingerprint density at radius 1 is 1.03 bits per heavy atom. The van der Waals surface area contributed by atoms with Crippen LogP contribution in [-0.2, 0) is 0 Å². The zero-order valence-electron chi connectivity index (χ0n) is 17.0. The Balaban J connectivity index is 1.44. The van der Waals surface area contributed by atoms with E-state index in [1.807, 2.05) is 44.2 Å². The van der Waals surface area contributed by atoms with Crippen molar-refractivity contribution in [3.8, 4) is 5.69 Å². The zero-order chi connectivity index (χ0) is 20.2. The summed E-state index contributed by atoms with van der Waals surface area (Å²) in [6.07, 6.45) is 6.52. The minimum Gasteiger partial charge on any atom is -0.293 e. The number of tetrazole rings is 1. The molecule has 0 bridgehead atoms. The lowest BCUT2D eigenvalue weighted by Crippen LogP contribution is -2.08. The predicted molar refractivity (Wildman–Crippen MR) is 116 cm³/mol. The molecule has 5 nitrogen and oxygen atoms in total. The summed E-state index contributed by atoms with van der Waals surface area (Å²) < 4.78 is 1.73. The molecule has 1 aromatic heterocycles. The maximum atomic E-state index is 12.7. The van der Waals surface area contributed by atoms with Crippen molar-refractivity contribution in [2.75, 3.05) is 5.75 Å². The first-order valence-corrected chi connectivity index (χ1v) is 11.2. The summed E-state index contributed by atoms with van der Waals surface area (Å²) in [5, 5.41) is 12.7. The lowest BCUT2D eigenvalue weighted by atomic mass is 9.84. The van der Waals surface area contributed by atoms with E-state index in [0.29, 0.717) is 16.8 Å². The Bertz CT molecular complexity index is 970. The molecule has 0 unspecified atom stereocenters. The minimum absolute atomic E-state index is 0.0984. The first kappa shape index (κ1) is 19.8. The van der Waals surface area contributed by atoms with Crippen molar-refractivity contribution in [1.29, 1.82) is 0 Å². The van der Waals surface area contributed by atoms with Crippen molar-refractivity contribution in [3.05, 3.63) is 64.7 Å². The highest BCUT2D eigenvalue weighted by molar-refractivity contribution is 7.99. The van der Waals surface area contributed by atoms with Gasteiger partial charge in [0.25, 0.3) is 0 Å². The highest BCUT2D eigenvalue weighted by Crippen LogP contribution is 2.32. The Morgan fingerprint density at radius 3 is 2.41 bits per heavy atom. The molecule has 4 rings (SSSR count). The number of benzene rings is 2. The van der Waals surface area contributed by atoms with E-state index in [0.717, 1.165) is 22.4 Å². The third-order valence-electron chi connectivity index (χ3n) is 5.73. The SMILES string of the molecule is Cc1cccc(C)c1-n1nnnc1SCC(=O)c1ccc(C2CCCCC2)cc1. The van der Waals surface area contributed by atoms with E-state index in [9.17, 15) is 4.79 Å². The van der Waals surface area contributed by atoms with Crippen molar-refractivity contribution in [1.82, 2.24) is 20.2 Å². The fourth-order valence-corrected chi connectivity index (χ4v) is 4.91. The number of carbonyl (C=O) groups is 1. The van der Waals surface area contributed by atoms with Crippen molar-refractivity contribution >= 4 is 17.5 Å². The third kappa shape index (κ3) is 4.42. The second-order valence-corrected chi connectivity index (χ2v) is 8.72. The number of para-hydroxylation sites is 1. The number of hydrogen-bond donors (Lipinski definition) is 0. The number of thioether (sulfide) groups is 1. The molecule has 0 amide bonds. The zero-order valence-corrected chi connectivity index (χ0v) is 17.8. The Labute approximate surface area is 175 Å². The fraction of sp³-hybridized carbons (Fsp3) is 0.391. The van der Waals surface area contributed by atoms with E-state index in [4.69, 9.17) is 0 Å². The largest absolute Gasteiger partial charge is 0.293 e. The number of aryl methyl sites for hydroxylation is 2. The molecule has 0 N–H and O–H groups in total. The highest BCUT2D eigenvalue weighted by atomic mass is 32.2. The first-order chi connectivity index (χ1) is 14.1. The molecule has 1 heterocycles. The van der Waals surface area contributed by atoms with E-state index >= 15 is 0 Å². The van der Waals surface area contributed by atoms with Gasteiger partial charge in [0.2, 0.25) is 5.16 Å². The lowest BCUT2D eigenvalue weighted by Gasteiger charge is -2.22. The third-order valence-corrected chi connectivity index (χ3v) is 6.65. The molecule has 1 saturated carbocycles. The van der Waals surface area contributed by atoms with E-state index < -0.39 is 0 Å². The smallest absolute Gasteiger partial charge is 0.214 e. The molecule has 0 saturated heterocycles. The van der Waals surface area contributed by atoms with Crippen LogP contribution in [0.4, 0.5) is 0 Å². The van der Waals surface area contributed by atoms with Gasteiger partial charge in [-0.05, 0) is 59.7 Å². The Hall–Kier alpha value is -2.47. The fourth-order valence-electron chi connectivity index (χ4n) is 4.14. The van der Waals surface area contributed by atoms with Crippen molar-refractivity contribution in [2.45, 2.75) is 57.0 Å². The van der Waals surface area contributed by atoms with Crippen LogP contribution in [0.5, 0.6) is 0 Å². The molecule has 0 atom stereocenters. The van der Waals surface area contributed by atoms with Crippen LogP contribution in [0.25, 0.3) is 5.69 Å². The second kappa shape index (κ2) is 8.91. The van der Waals surface area contributed by atoms with Crippen LogP contribution < -0.4 is 0 Å². The second-order valence-electron chi connectivity index (χ2n) is 7.78. The van der Waals surface area contributed by atoms with Crippen LogP contribution >= 0.6 is 11.8 Å². The molecular formula is C23H26N4OS. The quantitative estimate of drug-likeness (QED) is 0.410. The van der Waals surface area contributed by atoms with E-state index in [2.05, 4.69) is 27.7 Å². The van der Waals surface area contributed by atoms with E-state index in [-0.39, 0.29) is 5.78 Å². The summed E-state index contributed by atoms with van der Waals surface area (Å²) in [6, 6.07) is 14.3. The average Bonchev–Trinajstić information content (AvgIpc) is 3.21. The van der Waals surface area contributed by atoms with Crippen molar-refractivity contribution in [2.24, 2.45) is 0 Å². The number of aromatic nitrogens is 4. The van der Waals surface area contributed by atoms with Gasteiger partial charge in [0.05, 0.1) is 11.4 Å². The molecule has 1 aliphatic carbocycles. The molecule has 6 heteroatoms. The molecule has 0 spiro atoms. The van der Waals surface area contributed by atoms with Crippen LogP contribution in [0.1, 0.15) is 65.1 Å². The summed E-state index contributed by atoms with van der Waals surface area (Å²) in [6.45, 7) is 4.08. The number of nitrogens with zero attached hydrogens (tertiary/aromatic N) is 4. The minimum atomic E-state index is 0.0984. The summed E-state index contributed by atoms with van der Waals surface area (Å²) in [5.41, 5.74) is 5.30. The molecule has 29 heavy (non-hydrogen) atoms. The average molecular weight is 407 g/mol. The molecule has 150 valence electrons. The summed E-state index contributed by atoms with van der Waals surface area (Å²) in [4.78, 5) is 12.7. The maximum Gasteiger partial charge on any atom is 0.214 e.